The summed E-state index contributed by atoms with van der Waals surface area (Å²) >= 11 is 1.38. The molecule has 2 aliphatic rings. The minimum atomic E-state index is -1.03. The molecule has 2 heterocycles. The third-order valence-electron chi connectivity index (χ3n) is 4.41. The van der Waals surface area contributed by atoms with E-state index in [1.54, 1.807) is 38.1 Å². The Morgan fingerprint density at radius 2 is 1.96 bits per heavy atom. The SMILES string of the molecule is CC1(C)S[C@@H]2[C@H](NC(=O)[C@H](N)c3ccccc3)C(=O)N2C1C(=O)O. The Bertz CT molecular complexity index is 694. The van der Waals surface area contributed by atoms with Crippen molar-refractivity contribution in [3.05, 3.63) is 35.9 Å². The fourth-order valence-electron chi connectivity index (χ4n) is 3.20. The molecule has 0 bridgehead atoms. The Morgan fingerprint density at radius 1 is 1.33 bits per heavy atom. The summed E-state index contributed by atoms with van der Waals surface area (Å²) in [7, 11) is 0. The smallest absolute Gasteiger partial charge is 0.327 e. The van der Waals surface area contributed by atoms with Crippen molar-refractivity contribution in [1.29, 1.82) is 0 Å². The molecule has 2 aliphatic heterocycles. The highest BCUT2D eigenvalue weighted by atomic mass is 32.2. The molecule has 1 unspecified atom stereocenters. The average Bonchev–Trinajstić information content (AvgIpc) is 2.80. The zero-order chi connectivity index (χ0) is 17.6. The van der Waals surface area contributed by atoms with Crippen molar-refractivity contribution in [2.75, 3.05) is 0 Å². The van der Waals surface area contributed by atoms with Crippen LogP contribution in [0.25, 0.3) is 0 Å². The molecule has 7 nitrogen and oxygen atoms in total. The average molecular weight is 349 g/mol. The topological polar surface area (TPSA) is 113 Å². The monoisotopic (exact) mass is 349 g/mol. The first-order valence-corrected chi connectivity index (χ1v) is 8.45. The Labute approximate surface area is 143 Å². The number of benzene rings is 1. The van der Waals surface area contributed by atoms with E-state index in [-0.39, 0.29) is 11.3 Å². The number of rotatable bonds is 4. The maximum Gasteiger partial charge on any atom is 0.327 e. The van der Waals surface area contributed by atoms with Crippen molar-refractivity contribution in [3.63, 3.8) is 0 Å². The van der Waals surface area contributed by atoms with Crippen LogP contribution < -0.4 is 11.1 Å². The van der Waals surface area contributed by atoms with Crippen LogP contribution in [0.2, 0.25) is 0 Å². The molecule has 0 aromatic heterocycles. The highest BCUT2D eigenvalue weighted by Crippen LogP contribution is 2.50. The van der Waals surface area contributed by atoms with Crippen LogP contribution in [-0.2, 0) is 14.4 Å². The van der Waals surface area contributed by atoms with Gasteiger partial charge in [-0.2, -0.15) is 0 Å². The number of amides is 2. The Kier molecular flexibility index (Phi) is 4.05. The number of hydrogen-bond donors (Lipinski definition) is 3. The predicted molar refractivity (Wildman–Crippen MR) is 89.0 cm³/mol. The second-order valence-electron chi connectivity index (χ2n) is 6.47. The number of β-lactam (4-membered cyclic amide) rings is 1. The number of carboxylic acids is 1. The van der Waals surface area contributed by atoms with Gasteiger partial charge in [-0.1, -0.05) is 30.3 Å². The lowest BCUT2D eigenvalue weighted by molar-refractivity contribution is -0.161. The van der Waals surface area contributed by atoms with Crippen molar-refractivity contribution in [1.82, 2.24) is 10.2 Å². The van der Waals surface area contributed by atoms with Gasteiger partial charge >= 0.3 is 5.97 Å². The second kappa shape index (κ2) is 5.78. The first-order chi connectivity index (χ1) is 11.2. The van der Waals surface area contributed by atoms with Crippen LogP contribution in [0.1, 0.15) is 25.5 Å². The minimum absolute atomic E-state index is 0.375. The van der Waals surface area contributed by atoms with Crippen LogP contribution in [0.5, 0.6) is 0 Å². The number of hydrogen-bond acceptors (Lipinski definition) is 5. The molecule has 2 saturated heterocycles. The molecule has 8 heteroatoms. The van der Waals surface area contributed by atoms with Gasteiger partial charge in [-0.25, -0.2) is 4.79 Å². The van der Waals surface area contributed by atoms with Crippen molar-refractivity contribution < 1.29 is 19.5 Å². The molecule has 0 radical (unpaired) electrons. The van der Waals surface area contributed by atoms with Crippen molar-refractivity contribution in [2.24, 2.45) is 5.73 Å². The number of carboxylic acid groups (broad SMARTS) is 1. The fourth-order valence-corrected chi connectivity index (χ4v) is 4.83. The van der Waals surface area contributed by atoms with Crippen LogP contribution in [0.3, 0.4) is 0 Å². The lowest BCUT2D eigenvalue weighted by Gasteiger charge is -2.43. The van der Waals surface area contributed by atoms with Gasteiger partial charge in [-0.3, -0.25) is 9.59 Å². The number of carbonyl (C=O) groups excluding carboxylic acids is 2. The van der Waals surface area contributed by atoms with E-state index in [4.69, 9.17) is 5.73 Å². The zero-order valence-electron chi connectivity index (χ0n) is 13.3. The van der Waals surface area contributed by atoms with Gasteiger partial charge in [0.2, 0.25) is 11.8 Å². The lowest BCUT2D eigenvalue weighted by Crippen LogP contribution is -2.71. The molecular weight excluding hydrogens is 330 g/mol. The molecule has 4 atom stereocenters. The number of nitrogens with zero attached hydrogens (tertiary/aromatic N) is 1. The summed E-state index contributed by atoms with van der Waals surface area (Å²) < 4.78 is -0.618. The minimum Gasteiger partial charge on any atom is -0.480 e. The first kappa shape index (κ1) is 16.8. The summed E-state index contributed by atoms with van der Waals surface area (Å²) in [5, 5.41) is 11.7. The number of thioether (sulfide) groups is 1. The van der Waals surface area contributed by atoms with Crippen molar-refractivity contribution in [3.8, 4) is 0 Å². The number of carbonyl (C=O) groups is 3. The molecule has 128 valence electrons. The number of nitrogens with one attached hydrogen (secondary N) is 1. The van der Waals surface area contributed by atoms with Gasteiger partial charge in [-0.05, 0) is 19.4 Å². The van der Waals surface area contributed by atoms with Gasteiger partial charge in [0.25, 0.3) is 0 Å². The molecule has 0 saturated carbocycles. The van der Waals surface area contributed by atoms with E-state index in [1.165, 1.54) is 16.7 Å². The fraction of sp³-hybridized carbons (Fsp3) is 0.438. The van der Waals surface area contributed by atoms with Crippen molar-refractivity contribution in [2.45, 2.75) is 42.1 Å². The van der Waals surface area contributed by atoms with Crippen LogP contribution in [0.15, 0.2) is 30.3 Å². The molecule has 3 rings (SSSR count). The standard InChI is InChI=1S/C16H19N3O4S/c1-16(2)11(15(22)23)19-13(21)10(14(19)24-16)18-12(20)9(17)8-6-4-3-5-7-8/h3-7,9-11,14H,17H2,1-2H3,(H,18,20)(H,22,23)/t9-,10-,11?,14-/m1/s1. The second-order valence-corrected chi connectivity index (χ2v) is 8.24. The molecule has 4 N–H and O–H groups in total. The molecule has 2 amide bonds. The first-order valence-electron chi connectivity index (χ1n) is 7.58. The Hall–Kier alpha value is -2.06. The maximum absolute atomic E-state index is 12.3. The van der Waals surface area contributed by atoms with E-state index < -0.39 is 34.7 Å². The number of fused-ring (bicyclic) bond motifs is 1. The summed E-state index contributed by atoms with van der Waals surface area (Å²) in [6.45, 7) is 3.58. The maximum atomic E-state index is 12.3. The van der Waals surface area contributed by atoms with E-state index in [0.717, 1.165) is 0 Å². The van der Waals surface area contributed by atoms with Gasteiger partial charge in [-0.15, -0.1) is 11.8 Å². The van der Waals surface area contributed by atoms with Gasteiger partial charge in [0, 0.05) is 4.75 Å². The van der Waals surface area contributed by atoms with Crippen LogP contribution in [-0.4, -0.2) is 50.0 Å². The van der Waals surface area contributed by atoms with Crippen molar-refractivity contribution >= 4 is 29.5 Å². The molecule has 0 spiro atoms. The molecular formula is C16H19N3O4S. The normalized spacial score (nSPS) is 28.7. The van der Waals surface area contributed by atoms with E-state index >= 15 is 0 Å². The molecule has 2 fully saturated rings. The Balaban J connectivity index is 1.71. The predicted octanol–water partition coefficient (Wildman–Crippen LogP) is 0.318. The summed E-state index contributed by atoms with van der Waals surface area (Å²) in [5.74, 6) is -1.86. The van der Waals surface area contributed by atoms with Gasteiger partial charge < -0.3 is 21.1 Å². The molecule has 1 aromatic carbocycles. The van der Waals surface area contributed by atoms with E-state index in [1.807, 2.05) is 6.07 Å². The largest absolute Gasteiger partial charge is 0.480 e. The highest BCUT2D eigenvalue weighted by Gasteiger charge is 2.64. The molecule has 0 aliphatic carbocycles. The molecule has 24 heavy (non-hydrogen) atoms. The van der Waals surface area contributed by atoms with Gasteiger partial charge in [0.15, 0.2) is 0 Å². The van der Waals surface area contributed by atoms with Crippen LogP contribution in [0.4, 0.5) is 0 Å². The van der Waals surface area contributed by atoms with Gasteiger partial charge in [0.05, 0.1) is 0 Å². The molecule has 1 aromatic rings. The highest BCUT2D eigenvalue weighted by molar-refractivity contribution is 8.01. The summed E-state index contributed by atoms with van der Waals surface area (Å²) in [5.41, 5.74) is 6.59. The van der Waals surface area contributed by atoms with Crippen LogP contribution in [0, 0.1) is 0 Å². The summed E-state index contributed by atoms with van der Waals surface area (Å²) in [6, 6.07) is 6.38. The van der Waals surface area contributed by atoms with E-state index in [2.05, 4.69) is 5.32 Å². The third-order valence-corrected chi connectivity index (χ3v) is 5.99. The summed E-state index contributed by atoms with van der Waals surface area (Å²) in [4.78, 5) is 37.5. The number of nitrogens with two attached hydrogens (primary N) is 1. The number of aliphatic carboxylic acids is 1. The lowest BCUT2D eigenvalue weighted by atomic mass is 9.95. The zero-order valence-corrected chi connectivity index (χ0v) is 14.1. The van der Waals surface area contributed by atoms with E-state index in [0.29, 0.717) is 5.56 Å². The van der Waals surface area contributed by atoms with Gasteiger partial charge in [0.1, 0.15) is 23.5 Å². The quantitative estimate of drug-likeness (QED) is 0.675. The summed E-state index contributed by atoms with van der Waals surface area (Å²) in [6.07, 6.45) is 0. The van der Waals surface area contributed by atoms with E-state index in [9.17, 15) is 19.5 Å². The third kappa shape index (κ3) is 2.55. The Morgan fingerprint density at radius 3 is 2.54 bits per heavy atom. The van der Waals surface area contributed by atoms with Crippen LogP contribution >= 0.6 is 11.8 Å².